The van der Waals surface area contributed by atoms with Gasteiger partial charge in [0.2, 0.25) is 0 Å². The molecule has 0 spiro atoms. The van der Waals surface area contributed by atoms with E-state index in [1.54, 1.807) is 0 Å². The van der Waals surface area contributed by atoms with E-state index in [9.17, 15) is 4.79 Å². The van der Waals surface area contributed by atoms with Crippen molar-refractivity contribution in [3.8, 4) is 0 Å². The maximum absolute atomic E-state index is 12.1. The number of carbonyl (C=O) groups excluding carboxylic acids is 1. The Morgan fingerprint density at radius 1 is 1.35 bits per heavy atom. The summed E-state index contributed by atoms with van der Waals surface area (Å²) in [6, 6.07) is 0. The summed E-state index contributed by atoms with van der Waals surface area (Å²) in [5.74, 6) is 0.564. The zero-order chi connectivity index (χ0) is 14.8. The molecule has 20 heavy (non-hydrogen) atoms. The number of hydrogen-bond donors (Lipinski definition) is 1. The highest BCUT2D eigenvalue weighted by Gasteiger charge is 2.33. The number of piperidine rings is 1. The Hall–Kier alpha value is -0.770. The molecule has 1 amide bonds. The van der Waals surface area contributed by atoms with Crippen LogP contribution in [-0.4, -0.2) is 41.8 Å². The van der Waals surface area contributed by atoms with Gasteiger partial charge in [-0.05, 0) is 65.7 Å². The van der Waals surface area contributed by atoms with Crippen LogP contribution < -0.4 is 5.32 Å². The van der Waals surface area contributed by atoms with Gasteiger partial charge < -0.3 is 15.0 Å². The van der Waals surface area contributed by atoms with Gasteiger partial charge in [0, 0.05) is 25.2 Å². The van der Waals surface area contributed by atoms with Crippen molar-refractivity contribution in [2.45, 2.75) is 70.9 Å². The number of hydrogen-bond acceptors (Lipinski definition) is 3. The quantitative estimate of drug-likeness (QED) is 0.864. The zero-order valence-electron chi connectivity index (χ0n) is 13.5. The zero-order valence-corrected chi connectivity index (χ0v) is 13.5. The number of likely N-dealkylation sites (tertiary alicyclic amines) is 1. The van der Waals surface area contributed by atoms with Gasteiger partial charge >= 0.3 is 6.09 Å². The summed E-state index contributed by atoms with van der Waals surface area (Å²) in [6.45, 7) is 10.8. The van der Waals surface area contributed by atoms with E-state index in [0.29, 0.717) is 11.5 Å². The summed E-state index contributed by atoms with van der Waals surface area (Å²) in [7, 11) is 0. The van der Waals surface area contributed by atoms with Crippen LogP contribution in [0.25, 0.3) is 0 Å². The van der Waals surface area contributed by atoms with Gasteiger partial charge in [0.15, 0.2) is 0 Å². The minimum atomic E-state index is -0.401. The number of carbonyl (C=O) groups is 1. The Morgan fingerprint density at radius 2 is 2.05 bits per heavy atom. The summed E-state index contributed by atoms with van der Waals surface area (Å²) < 4.78 is 5.47. The number of nitrogens with zero attached hydrogens (tertiary/aromatic N) is 1. The first-order chi connectivity index (χ1) is 9.27. The molecule has 2 aliphatic rings. The molecule has 0 radical (unpaired) electrons. The average Bonchev–Trinajstić information content (AvgIpc) is 2.32. The second-order valence-electron chi connectivity index (χ2n) is 7.73. The van der Waals surface area contributed by atoms with Gasteiger partial charge in [0.1, 0.15) is 5.60 Å². The third-order valence-electron chi connectivity index (χ3n) is 4.45. The molecule has 0 aromatic carbocycles. The third-order valence-corrected chi connectivity index (χ3v) is 4.45. The molecule has 2 rings (SSSR count). The molecule has 116 valence electrons. The van der Waals surface area contributed by atoms with Crippen LogP contribution in [-0.2, 0) is 4.74 Å². The number of rotatable bonds is 3. The fourth-order valence-corrected chi connectivity index (χ4v) is 3.00. The second kappa shape index (κ2) is 5.92. The van der Waals surface area contributed by atoms with Crippen molar-refractivity contribution in [3.05, 3.63) is 0 Å². The molecule has 0 aromatic rings. The Kier molecular flexibility index (Phi) is 4.62. The molecule has 1 N–H and O–H groups in total. The highest BCUT2D eigenvalue weighted by molar-refractivity contribution is 5.68. The maximum Gasteiger partial charge on any atom is 0.410 e. The summed E-state index contributed by atoms with van der Waals surface area (Å²) >= 11 is 0. The number of amides is 1. The largest absolute Gasteiger partial charge is 0.444 e. The molecular weight excluding hydrogens is 252 g/mol. The van der Waals surface area contributed by atoms with E-state index in [-0.39, 0.29) is 6.09 Å². The highest BCUT2D eigenvalue weighted by Crippen LogP contribution is 2.31. The van der Waals surface area contributed by atoms with Gasteiger partial charge in [-0.15, -0.1) is 0 Å². The van der Waals surface area contributed by atoms with Crippen LogP contribution in [0, 0.1) is 5.92 Å². The molecule has 1 aliphatic carbocycles. The molecule has 0 bridgehead atoms. The molecule has 1 unspecified atom stereocenters. The van der Waals surface area contributed by atoms with Crippen LogP contribution in [0.2, 0.25) is 0 Å². The molecule has 1 aliphatic heterocycles. The van der Waals surface area contributed by atoms with Crippen LogP contribution in [0.3, 0.4) is 0 Å². The van der Waals surface area contributed by atoms with Crippen molar-refractivity contribution < 1.29 is 9.53 Å². The molecule has 1 saturated heterocycles. The Balaban J connectivity index is 1.77. The van der Waals surface area contributed by atoms with Crippen LogP contribution >= 0.6 is 0 Å². The minimum Gasteiger partial charge on any atom is -0.444 e. The van der Waals surface area contributed by atoms with Crippen molar-refractivity contribution in [1.82, 2.24) is 10.2 Å². The smallest absolute Gasteiger partial charge is 0.410 e. The van der Waals surface area contributed by atoms with E-state index >= 15 is 0 Å². The molecule has 1 atom stereocenters. The first-order valence-corrected chi connectivity index (χ1v) is 8.00. The summed E-state index contributed by atoms with van der Waals surface area (Å²) in [6.07, 6.45) is 6.06. The normalized spacial score (nSPS) is 26.0. The molecule has 2 fully saturated rings. The molecule has 1 heterocycles. The van der Waals surface area contributed by atoms with Gasteiger partial charge in [-0.3, -0.25) is 0 Å². The van der Waals surface area contributed by atoms with Gasteiger partial charge in [-0.1, -0.05) is 0 Å². The molecule has 4 heteroatoms. The van der Waals surface area contributed by atoms with Crippen LogP contribution in [0.1, 0.15) is 59.8 Å². The SMILES string of the molecule is CC1(NCC2CCCN(C(=O)OC(C)(C)C)C2)CCC1. The Morgan fingerprint density at radius 3 is 2.60 bits per heavy atom. The lowest BCUT2D eigenvalue weighted by Gasteiger charge is -2.42. The minimum absolute atomic E-state index is 0.156. The fourth-order valence-electron chi connectivity index (χ4n) is 3.00. The Bertz CT molecular complexity index is 345. The molecular formula is C16H30N2O2. The summed E-state index contributed by atoms with van der Waals surface area (Å²) in [5.41, 5.74) is -0.0458. The Labute approximate surface area is 123 Å². The highest BCUT2D eigenvalue weighted by atomic mass is 16.6. The number of ether oxygens (including phenoxy) is 1. The summed E-state index contributed by atoms with van der Waals surface area (Å²) in [5, 5.41) is 3.69. The van der Waals surface area contributed by atoms with Crippen LogP contribution in [0.5, 0.6) is 0 Å². The van der Waals surface area contributed by atoms with E-state index < -0.39 is 5.60 Å². The number of nitrogens with one attached hydrogen (secondary N) is 1. The summed E-state index contributed by atoms with van der Waals surface area (Å²) in [4.78, 5) is 14.0. The predicted octanol–water partition coefficient (Wildman–Crippen LogP) is 3.17. The first-order valence-electron chi connectivity index (χ1n) is 8.00. The lowest BCUT2D eigenvalue weighted by atomic mass is 9.78. The third kappa shape index (κ3) is 4.37. The lowest BCUT2D eigenvalue weighted by molar-refractivity contribution is 0.0160. The fraction of sp³-hybridized carbons (Fsp3) is 0.938. The van der Waals surface area contributed by atoms with Crippen molar-refractivity contribution in [1.29, 1.82) is 0 Å². The van der Waals surface area contributed by atoms with Gasteiger partial charge in [0.05, 0.1) is 0 Å². The van der Waals surface area contributed by atoms with E-state index in [0.717, 1.165) is 26.1 Å². The predicted molar refractivity (Wildman–Crippen MR) is 80.8 cm³/mol. The first kappa shape index (κ1) is 15.6. The lowest BCUT2D eigenvalue weighted by Crippen LogP contribution is -2.52. The van der Waals surface area contributed by atoms with E-state index in [1.807, 2.05) is 25.7 Å². The standard InChI is InChI=1S/C16H30N2O2/c1-15(2,3)20-14(19)18-10-5-7-13(12-18)11-17-16(4)8-6-9-16/h13,17H,5-12H2,1-4H3. The van der Waals surface area contributed by atoms with Crippen LogP contribution in [0.4, 0.5) is 4.79 Å². The second-order valence-corrected chi connectivity index (χ2v) is 7.73. The van der Waals surface area contributed by atoms with Crippen molar-refractivity contribution in [3.63, 3.8) is 0 Å². The topological polar surface area (TPSA) is 41.6 Å². The van der Waals surface area contributed by atoms with E-state index in [1.165, 1.54) is 25.7 Å². The molecule has 0 aromatic heterocycles. The van der Waals surface area contributed by atoms with Crippen LogP contribution in [0.15, 0.2) is 0 Å². The average molecular weight is 282 g/mol. The van der Waals surface area contributed by atoms with E-state index in [4.69, 9.17) is 4.74 Å². The maximum atomic E-state index is 12.1. The van der Waals surface area contributed by atoms with Crippen molar-refractivity contribution >= 4 is 6.09 Å². The molecule has 1 saturated carbocycles. The monoisotopic (exact) mass is 282 g/mol. The van der Waals surface area contributed by atoms with E-state index in [2.05, 4.69) is 12.2 Å². The van der Waals surface area contributed by atoms with Gasteiger partial charge in [-0.25, -0.2) is 4.79 Å². The van der Waals surface area contributed by atoms with Gasteiger partial charge in [0.25, 0.3) is 0 Å². The molecule has 4 nitrogen and oxygen atoms in total. The van der Waals surface area contributed by atoms with Crippen molar-refractivity contribution in [2.24, 2.45) is 5.92 Å². The van der Waals surface area contributed by atoms with Gasteiger partial charge in [-0.2, -0.15) is 0 Å². The van der Waals surface area contributed by atoms with Crippen molar-refractivity contribution in [2.75, 3.05) is 19.6 Å².